The molecule has 3 aromatic rings. The number of aliphatic hydroxyl groups is 1. The van der Waals surface area contributed by atoms with E-state index in [9.17, 15) is 14.3 Å². The van der Waals surface area contributed by atoms with Gasteiger partial charge in [-0.15, -0.1) is 0 Å². The lowest BCUT2D eigenvalue weighted by atomic mass is 10.0. The first kappa shape index (κ1) is 21.3. The van der Waals surface area contributed by atoms with E-state index in [-0.39, 0.29) is 24.6 Å². The van der Waals surface area contributed by atoms with Crippen molar-refractivity contribution in [1.29, 1.82) is 0 Å². The molecule has 0 saturated carbocycles. The number of amides is 1. The van der Waals surface area contributed by atoms with Gasteiger partial charge in [0.1, 0.15) is 23.1 Å². The number of rotatable bonds is 9. The van der Waals surface area contributed by atoms with Crippen LogP contribution >= 0.6 is 0 Å². The van der Waals surface area contributed by atoms with Gasteiger partial charge in [0.15, 0.2) is 0 Å². The smallest absolute Gasteiger partial charge is 0.240 e. The maximum absolute atomic E-state index is 13.0. The van der Waals surface area contributed by atoms with E-state index in [1.54, 1.807) is 48.5 Å². The molecule has 1 aromatic heterocycles. The predicted molar refractivity (Wildman–Crippen MR) is 112 cm³/mol. The fourth-order valence-electron chi connectivity index (χ4n) is 2.80. The van der Waals surface area contributed by atoms with E-state index < -0.39 is 6.10 Å². The highest BCUT2D eigenvalue weighted by Gasteiger charge is 2.10. The van der Waals surface area contributed by atoms with E-state index in [1.807, 2.05) is 6.92 Å². The van der Waals surface area contributed by atoms with Crippen LogP contribution in [0.5, 0.6) is 5.75 Å². The van der Waals surface area contributed by atoms with Crippen LogP contribution in [0, 0.1) is 5.82 Å². The number of aliphatic hydroxyl groups excluding tert-OH is 1. The van der Waals surface area contributed by atoms with E-state index in [4.69, 9.17) is 9.15 Å². The average molecular weight is 410 g/mol. The molecule has 0 spiro atoms. The van der Waals surface area contributed by atoms with Gasteiger partial charge < -0.3 is 14.3 Å². The van der Waals surface area contributed by atoms with Crippen molar-refractivity contribution < 1.29 is 23.4 Å². The van der Waals surface area contributed by atoms with Gasteiger partial charge >= 0.3 is 0 Å². The molecule has 7 heteroatoms. The first-order valence-electron chi connectivity index (χ1n) is 9.63. The highest BCUT2D eigenvalue weighted by atomic mass is 19.1. The molecule has 6 nitrogen and oxygen atoms in total. The Kier molecular flexibility index (Phi) is 7.34. The fourth-order valence-corrected chi connectivity index (χ4v) is 2.80. The summed E-state index contributed by atoms with van der Waals surface area (Å²) in [7, 11) is 0. The van der Waals surface area contributed by atoms with Gasteiger partial charge in [-0.05, 0) is 67.4 Å². The number of hydrogen-bond acceptors (Lipinski definition) is 5. The summed E-state index contributed by atoms with van der Waals surface area (Å²) in [6.07, 6.45) is 1.02. The second-order valence-electron chi connectivity index (χ2n) is 6.56. The van der Waals surface area contributed by atoms with Crippen LogP contribution in [-0.4, -0.2) is 23.8 Å². The van der Waals surface area contributed by atoms with Crippen molar-refractivity contribution in [3.05, 3.63) is 77.8 Å². The Morgan fingerprint density at radius 2 is 1.90 bits per heavy atom. The molecule has 1 atom stereocenters. The molecule has 1 heterocycles. The Morgan fingerprint density at radius 1 is 1.17 bits per heavy atom. The van der Waals surface area contributed by atoms with E-state index in [1.165, 1.54) is 18.3 Å². The second-order valence-corrected chi connectivity index (χ2v) is 6.56. The number of hydrogen-bond donors (Lipinski definition) is 2. The van der Waals surface area contributed by atoms with Crippen LogP contribution in [0.3, 0.4) is 0 Å². The molecule has 0 aliphatic carbocycles. The van der Waals surface area contributed by atoms with Gasteiger partial charge in [-0.25, -0.2) is 9.82 Å². The van der Waals surface area contributed by atoms with Gasteiger partial charge in [0.25, 0.3) is 0 Å². The van der Waals surface area contributed by atoms with Crippen LogP contribution in [0.15, 0.2) is 70.2 Å². The molecule has 30 heavy (non-hydrogen) atoms. The van der Waals surface area contributed by atoms with Crippen LogP contribution in [0.4, 0.5) is 4.39 Å². The number of benzene rings is 2. The molecule has 0 unspecified atom stereocenters. The molecule has 0 aliphatic heterocycles. The number of hydrazone groups is 1. The van der Waals surface area contributed by atoms with E-state index in [0.29, 0.717) is 18.1 Å². The van der Waals surface area contributed by atoms with Crippen LogP contribution in [0.2, 0.25) is 0 Å². The summed E-state index contributed by atoms with van der Waals surface area (Å²) in [6, 6.07) is 16.5. The van der Waals surface area contributed by atoms with Gasteiger partial charge in [0.2, 0.25) is 5.91 Å². The third kappa shape index (κ3) is 6.02. The highest BCUT2D eigenvalue weighted by molar-refractivity contribution is 5.81. The van der Waals surface area contributed by atoms with Crippen molar-refractivity contribution in [2.75, 3.05) is 6.61 Å². The Labute approximate surface area is 174 Å². The molecular formula is C23H23FN2O4. The topological polar surface area (TPSA) is 84.1 Å². The van der Waals surface area contributed by atoms with Gasteiger partial charge in [-0.1, -0.05) is 12.1 Å². The number of carbonyl (C=O) groups is 1. The Hall–Kier alpha value is -3.45. The number of halogens is 1. The van der Waals surface area contributed by atoms with Gasteiger partial charge in [0.05, 0.1) is 18.9 Å². The normalized spacial score (nSPS) is 12.1. The molecule has 0 aliphatic rings. The minimum Gasteiger partial charge on any atom is -0.494 e. The lowest BCUT2D eigenvalue weighted by Gasteiger charge is -2.11. The molecule has 2 N–H and O–H groups in total. The summed E-state index contributed by atoms with van der Waals surface area (Å²) in [5, 5.41) is 14.1. The lowest BCUT2D eigenvalue weighted by Crippen LogP contribution is -2.18. The van der Waals surface area contributed by atoms with E-state index >= 15 is 0 Å². The minimum atomic E-state index is -0.751. The number of nitrogens with zero attached hydrogens (tertiary/aromatic N) is 1. The molecule has 156 valence electrons. The average Bonchev–Trinajstić information content (AvgIpc) is 3.22. The zero-order chi connectivity index (χ0) is 21.3. The maximum atomic E-state index is 13.0. The zero-order valence-electron chi connectivity index (χ0n) is 16.5. The monoisotopic (exact) mass is 410 g/mol. The summed E-state index contributed by atoms with van der Waals surface area (Å²) >= 11 is 0. The fraction of sp³-hybridized carbons (Fsp3) is 0.217. The minimum absolute atomic E-state index is 0.116. The van der Waals surface area contributed by atoms with E-state index in [0.717, 1.165) is 16.9 Å². The second kappa shape index (κ2) is 10.4. The van der Waals surface area contributed by atoms with Gasteiger partial charge in [0, 0.05) is 12.0 Å². The standard InChI is InChI=1S/C23H23FN2O4/c1-2-29-19-9-5-16(6-10-19)21(27)12-14-23(28)26-25-15-20-11-13-22(30-20)17-3-7-18(24)8-4-17/h3-11,13,15,21,27H,2,12,14H2,1H3,(H,26,28)/b25-15-/t21-/m1/s1. The summed E-state index contributed by atoms with van der Waals surface area (Å²) in [5.41, 5.74) is 3.87. The molecule has 3 rings (SSSR count). The van der Waals surface area contributed by atoms with Crippen molar-refractivity contribution in [2.24, 2.45) is 5.10 Å². The first-order valence-corrected chi connectivity index (χ1v) is 9.63. The summed E-state index contributed by atoms with van der Waals surface area (Å²) in [6.45, 7) is 2.48. The van der Waals surface area contributed by atoms with Gasteiger partial charge in [-0.3, -0.25) is 4.79 Å². The number of furan rings is 1. The third-order valence-corrected chi connectivity index (χ3v) is 4.36. The van der Waals surface area contributed by atoms with Gasteiger partial charge in [-0.2, -0.15) is 5.10 Å². The molecule has 0 fully saturated rings. The number of ether oxygens (including phenoxy) is 1. The number of carbonyl (C=O) groups excluding carboxylic acids is 1. The first-order chi connectivity index (χ1) is 14.5. The summed E-state index contributed by atoms with van der Waals surface area (Å²) in [5.74, 6) is 1.12. The van der Waals surface area contributed by atoms with Crippen LogP contribution < -0.4 is 10.2 Å². The number of nitrogens with one attached hydrogen (secondary N) is 1. The van der Waals surface area contributed by atoms with Crippen molar-refractivity contribution in [2.45, 2.75) is 25.9 Å². The van der Waals surface area contributed by atoms with Crippen LogP contribution in [0.25, 0.3) is 11.3 Å². The predicted octanol–water partition coefficient (Wildman–Crippen LogP) is 4.45. The molecular weight excluding hydrogens is 387 g/mol. The zero-order valence-corrected chi connectivity index (χ0v) is 16.5. The molecule has 0 radical (unpaired) electrons. The molecule has 0 bridgehead atoms. The molecule has 0 saturated heterocycles. The molecule has 2 aromatic carbocycles. The largest absolute Gasteiger partial charge is 0.494 e. The summed E-state index contributed by atoms with van der Waals surface area (Å²) < 4.78 is 24.0. The van der Waals surface area contributed by atoms with Crippen molar-refractivity contribution in [3.8, 4) is 17.1 Å². The highest BCUT2D eigenvalue weighted by Crippen LogP contribution is 2.22. The Morgan fingerprint density at radius 3 is 2.60 bits per heavy atom. The Bertz CT molecular complexity index is 981. The third-order valence-electron chi connectivity index (χ3n) is 4.36. The molecule has 1 amide bonds. The SMILES string of the molecule is CCOc1ccc([C@H](O)CCC(=O)N/N=C\c2ccc(-c3ccc(F)cc3)o2)cc1. The van der Waals surface area contributed by atoms with Crippen molar-refractivity contribution in [1.82, 2.24) is 5.43 Å². The lowest BCUT2D eigenvalue weighted by molar-refractivity contribution is -0.121. The summed E-state index contributed by atoms with van der Waals surface area (Å²) in [4.78, 5) is 11.9. The van der Waals surface area contributed by atoms with Crippen molar-refractivity contribution >= 4 is 12.1 Å². The van der Waals surface area contributed by atoms with E-state index in [2.05, 4.69) is 10.5 Å². The quantitative estimate of drug-likeness (QED) is 0.403. The van der Waals surface area contributed by atoms with Crippen LogP contribution in [-0.2, 0) is 4.79 Å². The van der Waals surface area contributed by atoms with Crippen molar-refractivity contribution in [3.63, 3.8) is 0 Å². The van der Waals surface area contributed by atoms with Crippen LogP contribution in [0.1, 0.15) is 37.2 Å². The maximum Gasteiger partial charge on any atom is 0.240 e. The Balaban J connectivity index is 1.45.